The Morgan fingerprint density at radius 1 is 1.11 bits per heavy atom. The second kappa shape index (κ2) is 9.91. The van der Waals surface area contributed by atoms with Crippen molar-refractivity contribution in [3.05, 3.63) is 57.3 Å². The third kappa shape index (κ3) is 4.91. The average Bonchev–Trinajstić information content (AvgIpc) is 3.22. The van der Waals surface area contributed by atoms with Gasteiger partial charge in [-0.1, -0.05) is 40.9 Å². The lowest BCUT2D eigenvalue weighted by Gasteiger charge is -2.32. The van der Waals surface area contributed by atoms with Gasteiger partial charge in [-0.2, -0.15) is 0 Å². The molecule has 3 atom stereocenters. The summed E-state index contributed by atoms with van der Waals surface area (Å²) in [5.41, 5.74) is 3.62. The number of methoxy groups -OCH3 is 1. The largest absolute Gasteiger partial charge is 0.468 e. The monoisotopic (exact) mass is 586 g/mol. The van der Waals surface area contributed by atoms with Gasteiger partial charge < -0.3 is 14.2 Å². The normalized spacial score (nSPS) is 25.3. The van der Waals surface area contributed by atoms with Crippen molar-refractivity contribution in [2.24, 2.45) is 11.8 Å². The van der Waals surface area contributed by atoms with Crippen molar-refractivity contribution >= 4 is 36.5 Å². The fourth-order valence-electron chi connectivity index (χ4n) is 6.56. The fraction of sp³-hybridized carbons (Fsp3) is 0.500. The van der Waals surface area contributed by atoms with Gasteiger partial charge in [0, 0.05) is 41.1 Å². The minimum Gasteiger partial charge on any atom is -0.468 e. The molecule has 1 aromatic heterocycles. The Morgan fingerprint density at radius 3 is 2.62 bits per heavy atom. The number of aromatic nitrogens is 2. The quantitative estimate of drug-likeness (QED) is 0.263. The molecular weight excluding hydrogens is 556 g/mol. The molecule has 0 amide bonds. The summed E-state index contributed by atoms with van der Waals surface area (Å²) in [5, 5.41) is 2.00. The lowest BCUT2D eigenvalue weighted by atomic mass is 9.78. The number of halogens is 1. The minimum atomic E-state index is -3.55. The number of nitrogens with zero attached hydrogens (tertiary/aromatic N) is 2. The number of sulfone groups is 1. The molecule has 2 heterocycles. The Hall–Kier alpha value is -2.07. The van der Waals surface area contributed by atoms with Crippen LogP contribution in [0.5, 0.6) is 5.75 Å². The van der Waals surface area contributed by atoms with E-state index < -0.39 is 9.84 Å². The molecule has 0 saturated heterocycles. The maximum Gasteiger partial charge on any atom is 0.247 e. The third-order valence-corrected chi connectivity index (χ3v) is 9.64. The molecular formula is C28H31BrN2O5S. The Bertz CT molecular complexity index is 1450. The Kier molecular flexibility index (Phi) is 6.76. The number of hydrogen-bond donors (Lipinski definition) is 0. The summed E-state index contributed by atoms with van der Waals surface area (Å²) in [6.07, 6.45) is 7.34. The molecule has 2 saturated carbocycles. The minimum absolute atomic E-state index is 0.0666. The van der Waals surface area contributed by atoms with E-state index in [1.54, 1.807) is 7.11 Å². The van der Waals surface area contributed by atoms with Crippen LogP contribution in [0.1, 0.15) is 66.6 Å². The molecule has 6 rings (SSSR count). The van der Waals surface area contributed by atoms with Crippen LogP contribution in [0.15, 0.2) is 40.0 Å². The predicted molar refractivity (Wildman–Crippen MR) is 143 cm³/mol. The van der Waals surface area contributed by atoms with Crippen LogP contribution in [-0.2, 0) is 32.3 Å². The van der Waals surface area contributed by atoms with E-state index in [1.807, 2.05) is 30.3 Å². The highest BCUT2D eigenvalue weighted by molar-refractivity contribution is 9.10. The van der Waals surface area contributed by atoms with E-state index in [0.717, 1.165) is 50.6 Å². The smallest absolute Gasteiger partial charge is 0.247 e. The van der Waals surface area contributed by atoms with Crippen LogP contribution in [0.2, 0.25) is 0 Å². The molecule has 0 spiro atoms. The molecule has 2 aromatic carbocycles. The Labute approximate surface area is 226 Å². The average molecular weight is 588 g/mol. The molecule has 3 aromatic rings. The van der Waals surface area contributed by atoms with Crippen molar-refractivity contribution in [2.45, 2.75) is 62.3 Å². The van der Waals surface area contributed by atoms with Crippen LogP contribution in [0, 0.1) is 11.8 Å². The van der Waals surface area contributed by atoms with Crippen molar-refractivity contribution in [1.82, 2.24) is 9.97 Å². The molecule has 0 radical (unpaired) electrons. The van der Waals surface area contributed by atoms with E-state index in [1.165, 1.54) is 25.5 Å². The van der Waals surface area contributed by atoms with Gasteiger partial charge in [-0.3, -0.25) is 0 Å². The summed E-state index contributed by atoms with van der Waals surface area (Å²) in [6.45, 7) is 0.505. The highest BCUT2D eigenvalue weighted by atomic mass is 79.9. The maximum atomic E-state index is 12.6. The second-order valence-corrected chi connectivity index (χ2v) is 13.5. The zero-order chi connectivity index (χ0) is 25.7. The lowest BCUT2D eigenvalue weighted by Crippen LogP contribution is -2.25. The molecule has 7 nitrogen and oxygen atoms in total. The Balaban J connectivity index is 1.42. The summed E-state index contributed by atoms with van der Waals surface area (Å²) in [7, 11) is -1.96. The molecule has 2 fully saturated rings. The molecule has 2 aliphatic carbocycles. The van der Waals surface area contributed by atoms with Crippen molar-refractivity contribution in [1.29, 1.82) is 0 Å². The maximum absolute atomic E-state index is 12.6. The van der Waals surface area contributed by atoms with Crippen LogP contribution in [0.25, 0.3) is 10.8 Å². The van der Waals surface area contributed by atoms with Gasteiger partial charge in [0.15, 0.2) is 6.79 Å². The molecule has 0 N–H and O–H groups in total. The first-order chi connectivity index (χ1) is 17.8. The fourth-order valence-corrected chi connectivity index (χ4v) is 7.71. The SMILES string of the molecule is COCOc1cc(C2Cc3nc(S(C)(=O)=O)nc(C4CC5CCC(C5)C4)c3CO2)c2c(Br)cccc2c1. The number of benzene rings is 2. The zero-order valence-electron chi connectivity index (χ0n) is 21.1. The van der Waals surface area contributed by atoms with Gasteiger partial charge in [-0.25, -0.2) is 18.4 Å². The lowest BCUT2D eigenvalue weighted by molar-refractivity contribution is 0.0243. The topological polar surface area (TPSA) is 87.6 Å². The van der Waals surface area contributed by atoms with Gasteiger partial charge in [-0.05, 0) is 60.2 Å². The number of rotatable bonds is 6. The van der Waals surface area contributed by atoms with Crippen LogP contribution in [0.4, 0.5) is 0 Å². The third-order valence-electron chi connectivity index (χ3n) is 8.14. The molecule has 3 aliphatic rings. The molecule has 2 bridgehead atoms. The van der Waals surface area contributed by atoms with Crippen molar-refractivity contribution in [3.63, 3.8) is 0 Å². The number of ether oxygens (including phenoxy) is 3. The summed E-state index contributed by atoms with van der Waals surface area (Å²) in [5.74, 6) is 2.39. The van der Waals surface area contributed by atoms with E-state index in [9.17, 15) is 8.42 Å². The van der Waals surface area contributed by atoms with Crippen molar-refractivity contribution in [3.8, 4) is 5.75 Å². The molecule has 37 heavy (non-hydrogen) atoms. The molecule has 3 unspecified atom stereocenters. The summed E-state index contributed by atoms with van der Waals surface area (Å²) in [4.78, 5) is 9.27. The zero-order valence-corrected chi connectivity index (χ0v) is 23.5. The summed E-state index contributed by atoms with van der Waals surface area (Å²) < 4.78 is 43.6. The first-order valence-corrected chi connectivity index (χ1v) is 15.5. The second-order valence-electron chi connectivity index (χ2n) is 10.7. The van der Waals surface area contributed by atoms with Crippen LogP contribution >= 0.6 is 15.9 Å². The highest BCUT2D eigenvalue weighted by Gasteiger charge is 2.38. The number of fused-ring (bicyclic) bond motifs is 4. The standard InChI is InChI=1S/C28H31BrN2O5S/c1-34-15-36-20-11-18-4-3-5-23(29)26(18)21(12-20)25-13-24-22(14-35-25)27(31-28(30-24)37(2,32)33)19-9-16-6-7-17(8-16)10-19/h3-5,11-12,16-17,19,25H,6-10,13-15H2,1-2H3. The predicted octanol–water partition coefficient (Wildman–Crippen LogP) is 5.89. The summed E-state index contributed by atoms with van der Waals surface area (Å²) >= 11 is 3.72. The number of hydrogen-bond acceptors (Lipinski definition) is 7. The van der Waals surface area contributed by atoms with Crippen LogP contribution in [-0.4, -0.2) is 38.5 Å². The summed E-state index contributed by atoms with van der Waals surface area (Å²) in [6, 6.07) is 10.0. The van der Waals surface area contributed by atoms with E-state index in [4.69, 9.17) is 14.2 Å². The van der Waals surface area contributed by atoms with Gasteiger partial charge in [0.25, 0.3) is 0 Å². The van der Waals surface area contributed by atoms with Crippen molar-refractivity contribution in [2.75, 3.05) is 20.2 Å². The molecule has 196 valence electrons. The van der Waals surface area contributed by atoms with Gasteiger partial charge in [0.05, 0.1) is 24.1 Å². The highest BCUT2D eigenvalue weighted by Crippen LogP contribution is 2.49. The van der Waals surface area contributed by atoms with E-state index in [0.29, 0.717) is 30.6 Å². The van der Waals surface area contributed by atoms with E-state index in [-0.39, 0.29) is 24.0 Å². The first-order valence-electron chi connectivity index (χ1n) is 12.9. The van der Waals surface area contributed by atoms with Gasteiger partial charge in [0.1, 0.15) is 5.75 Å². The van der Waals surface area contributed by atoms with Gasteiger partial charge in [-0.15, -0.1) is 0 Å². The van der Waals surface area contributed by atoms with Gasteiger partial charge in [0.2, 0.25) is 15.0 Å². The van der Waals surface area contributed by atoms with Crippen LogP contribution < -0.4 is 4.74 Å². The Morgan fingerprint density at radius 2 is 1.89 bits per heavy atom. The first kappa shape index (κ1) is 25.2. The molecule has 1 aliphatic heterocycles. The van der Waals surface area contributed by atoms with Crippen LogP contribution in [0.3, 0.4) is 0 Å². The van der Waals surface area contributed by atoms with Crippen molar-refractivity contribution < 1.29 is 22.6 Å². The van der Waals surface area contributed by atoms with E-state index >= 15 is 0 Å². The van der Waals surface area contributed by atoms with E-state index in [2.05, 4.69) is 25.9 Å². The van der Waals surface area contributed by atoms with Gasteiger partial charge >= 0.3 is 0 Å². The molecule has 9 heteroatoms.